The summed E-state index contributed by atoms with van der Waals surface area (Å²) in [6, 6.07) is 0. The predicted molar refractivity (Wildman–Crippen MR) is 19.2 cm³/mol. The van der Waals surface area contributed by atoms with Gasteiger partial charge in [0.1, 0.15) is 0 Å². The maximum Gasteiger partial charge on any atom is 0.0402 e. The van der Waals surface area contributed by atoms with Crippen molar-refractivity contribution in [1.82, 2.24) is 0 Å². The standard InChI is InChI=1S/C2H6O.CH3.Cd/c1-2-3;;/h3H,2H2,1H3;1H3;/q;-1;. The Hall–Kier alpha value is 0.882. The van der Waals surface area contributed by atoms with Crippen molar-refractivity contribution in [2.45, 2.75) is 6.92 Å². The van der Waals surface area contributed by atoms with Gasteiger partial charge in [0.05, 0.1) is 0 Å². The second kappa shape index (κ2) is 20.8. The van der Waals surface area contributed by atoms with E-state index >= 15 is 0 Å². The van der Waals surface area contributed by atoms with Crippen LogP contribution in [0.25, 0.3) is 0 Å². The summed E-state index contributed by atoms with van der Waals surface area (Å²) in [6.45, 7) is 1.93. The second-order valence-corrected chi connectivity index (χ2v) is 0.316. The van der Waals surface area contributed by atoms with Gasteiger partial charge in [-0.15, -0.1) is 0 Å². The van der Waals surface area contributed by atoms with E-state index < -0.39 is 0 Å². The molecule has 0 aliphatic rings. The number of rotatable bonds is 0. The minimum absolute atomic E-state index is 0. The van der Waals surface area contributed by atoms with Crippen molar-refractivity contribution < 1.29 is 32.4 Å². The van der Waals surface area contributed by atoms with Crippen LogP contribution in [0.1, 0.15) is 6.92 Å². The van der Waals surface area contributed by atoms with E-state index in [-0.39, 0.29) is 41.3 Å². The molecule has 0 radical (unpaired) electrons. The van der Waals surface area contributed by atoms with Gasteiger partial charge in [-0.3, -0.25) is 0 Å². The summed E-state index contributed by atoms with van der Waals surface area (Å²) in [7, 11) is 0. The quantitative estimate of drug-likeness (QED) is 0.417. The maximum atomic E-state index is 7.57. The molecule has 0 aromatic heterocycles. The number of aliphatic hydroxyl groups is 1. The number of hydrogen-bond donors (Lipinski definition) is 1. The fourth-order valence-corrected chi connectivity index (χ4v) is 0. The molecular formula is C3H9CdO-. The Labute approximate surface area is 53.6 Å². The van der Waals surface area contributed by atoms with Crippen LogP contribution in [0.5, 0.6) is 0 Å². The third kappa shape index (κ3) is 52.1. The molecule has 0 spiro atoms. The van der Waals surface area contributed by atoms with Crippen molar-refractivity contribution in [3.05, 3.63) is 7.43 Å². The normalized spacial score (nSPS) is 3.60. The van der Waals surface area contributed by atoms with Crippen LogP contribution in [0.15, 0.2) is 0 Å². The van der Waals surface area contributed by atoms with E-state index in [1.54, 1.807) is 6.92 Å². The van der Waals surface area contributed by atoms with Gasteiger partial charge < -0.3 is 12.5 Å². The molecule has 0 saturated heterocycles. The zero-order valence-corrected chi connectivity index (χ0v) is 7.90. The SMILES string of the molecule is CCO.[CH3-].[Cd]. The molecular weight excluding hydrogens is 164 g/mol. The molecule has 0 bridgehead atoms. The second-order valence-electron chi connectivity index (χ2n) is 0.316. The molecule has 0 aliphatic heterocycles. The largest absolute Gasteiger partial charge is 0.397 e. The first-order valence-electron chi connectivity index (χ1n) is 1.02. The zero-order valence-electron chi connectivity index (χ0n) is 3.86. The summed E-state index contributed by atoms with van der Waals surface area (Å²) in [4.78, 5) is 0. The van der Waals surface area contributed by atoms with Gasteiger partial charge in [-0.25, -0.2) is 0 Å². The van der Waals surface area contributed by atoms with Gasteiger partial charge in [0.2, 0.25) is 0 Å². The summed E-state index contributed by atoms with van der Waals surface area (Å²) in [5.74, 6) is 0. The molecule has 1 nitrogen and oxygen atoms in total. The van der Waals surface area contributed by atoms with Crippen LogP contribution in [-0.2, 0) is 27.3 Å². The van der Waals surface area contributed by atoms with Crippen molar-refractivity contribution in [3.8, 4) is 0 Å². The van der Waals surface area contributed by atoms with E-state index in [1.807, 2.05) is 0 Å². The van der Waals surface area contributed by atoms with Crippen LogP contribution in [-0.4, -0.2) is 11.7 Å². The first-order valence-corrected chi connectivity index (χ1v) is 1.02. The third-order valence-corrected chi connectivity index (χ3v) is 0. The molecule has 2 heteroatoms. The Morgan fingerprint density at radius 3 is 1.60 bits per heavy atom. The van der Waals surface area contributed by atoms with Crippen molar-refractivity contribution in [2.75, 3.05) is 6.61 Å². The van der Waals surface area contributed by atoms with E-state index in [9.17, 15) is 0 Å². The third-order valence-electron chi connectivity index (χ3n) is 0. The van der Waals surface area contributed by atoms with Gasteiger partial charge in [-0.2, -0.15) is 0 Å². The minimum Gasteiger partial charge on any atom is -0.397 e. The molecule has 0 aromatic carbocycles. The first kappa shape index (κ1) is 16.9. The molecule has 0 aromatic rings. The van der Waals surface area contributed by atoms with Crippen LogP contribution < -0.4 is 0 Å². The Bertz CT molecular complexity index is 6.85. The Kier molecular flexibility index (Phi) is 70.1. The topological polar surface area (TPSA) is 20.2 Å². The molecule has 5 heavy (non-hydrogen) atoms. The molecule has 0 rings (SSSR count). The monoisotopic (exact) mass is 175 g/mol. The van der Waals surface area contributed by atoms with E-state index in [4.69, 9.17) is 5.11 Å². The van der Waals surface area contributed by atoms with E-state index in [0.717, 1.165) is 0 Å². The van der Waals surface area contributed by atoms with Gasteiger partial charge >= 0.3 is 0 Å². The average Bonchev–Trinajstić information content (AvgIpc) is 0.918. The van der Waals surface area contributed by atoms with E-state index in [2.05, 4.69) is 0 Å². The van der Waals surface area contributed by atoms with Crippen LogP contribution in [0.4, 0.5) is 0 Å². The van der Waals surface area contributed by atoms with Crippen molar-refractivity contribution in [3.63, 3.8) is 0 Å². The number of aliphatic hydroxyl groups excluding tert-OH is 1. The van der Waals surface area contributed by atoms with E-state index in [0.29, 0.717) is 0 Å². The molecule has 0 aliphatic carbocycles. The smallest absolute Gasteiger partial charge is 0.0402 e. The molecule has 0 fully saturated rings. The Balaban J connectivity index is -0.0000000200. The molecule has 1 N–H and O–H groups in total. The van der Waals surface area contributed by atoms with Gasteiger partial charge in [0.15, 0.2) is 0 Å². The fraction of sp³-hybridized carbons (Fsp3) is 0.667. The average molecular weight is 174 g/mol. The fourth-order valence-electron chi connectivity index (χ4n) is 0. The molecule has 0 heterocycles. The van der Waals surface area contributed by atoms with Crippen molar-refractivity contribution in [2.24, 2.45) is 0 Å². The molecule has 0 saturated carbocycles. The molecule has 0 amide bonds. The van der Waals surface area contributed by atoms with Crippen LogP contribution >= 0.6 is 0 Å². The van der Waals surface area contributed by atoms with Gasteiger partial charge in [-0.05, 0) is 6.92 Å². The number of hydrogen-bond acceptors (Lipinski definition) is 1. The predicted octanol–water partition coefficient (Wildman–Crippen LogP) is 0.446. The van der Waals surface area contributed by atoms with Crippen LogP contribution in [0, 0.1) is 7.43 Å². The Morgan fingerprint density at radius 2 is 1.60 bits per heavy atom. The molecule has 30 valence electrons. The minimum atomic E-state index is 0. The van der Waals surface area contributed by atoms with Gasteiger partial charge in [0, 0.05) is 33.9 Å². The van der Waals surface area contributed by atoms with Crippen LogP contribution in [0.2, 0.25) is 0 Å². The van der Waals surface area contributed by atoms with Crippen molar-refractivity contribution in [1.29, 1.82) is 0 Å². The van der Waals surface area contributed by atoms with Crippen molar-refractivity contribution >= 4 is 0 Å². The first-order chi connectivity index (χ1) is 1.41. The zero-order chi connectivity index (χ0) is 2.71. The summed E-state index contributed by atoms with van der Waals surface area (Å²) in [5, 5.41) is 7.57. The summed E-state index contributed by atoms with van der Waals surface area (Å²) >= 11 is 0. The van der Waals surface area contributed by atoms with Crippen LogP contribution in [0.3, 0.4) is 0 Å². The molecule has 0 atom stereocenters. The van der Waals surface area contributed by atoms with Gasteiger partial charge in [0.25, 0.3) is 0 Å². The molecule has 0 unspecified atom stereocenters. The summed E-state index contributed by atoms with van der Waals surface area (Å²) in [5.41, 5.74) is 0. The Morgan fingerprint density at radius 1 is 1.60 bits per heavy atom. The van der Waals surface area contributed by atoms with E-state index in [1.165, 1.54) is 0 Å². The maximum absolute atomic E-state index is 7.57. The van der Waals surface area contributed by atoms with Gasteiger partial charge in [-0.1, -0.05) is 0 Å². The summed E-state index contributed by atoms with van der Waals surface area (Å²) in [6.07, 6.45) is 0. The summed E-state index contributed by atoms with van der Waals surface area (Å²) < 4.78 is 0.